The van der Waals surface area contributed by atoms with Gasteiger partial charge in [0.1, 0.15) is 18.8 Å². The van der Waals surface area contributed by atoms with Crippen LogP contribution in [0.25, 0.3) is 0 Å². The Morgan fingerprint density at radius 2 is 1.61 bits per heavy atom. The molecule has 0 saturated carbocycles. The average molecular weight is 485 g/mol. The number of rotatable bonds is 6. The van der Waals surface area contributed by atoms with Gasteiger partial charge in [-0.05, 0) is 61.0 Å². The van der Waals surface area contributed by atoms with Crippen LogP contribution in [0.2, 0.25) is 0 Å². The van der Waals surface area contributed by atoms with E-state index < -0.39 is 29.8 Å². The van der Waals surface area contributed by atoms with Crippen molar-refractivity contribution in [3.8, 4) is 11.5 Å². The van der Waals surface area contributed by atoms with Gasteiger partial charge >= 0.3 is 6.03 Å². The van der Waals surface area contributed by atoms with Gasteiger partial charge in [0.2, 0.25) is 0 Å². The second-order valence-electron chi connectivity index (χ2n) is 8.63. The Bertz CT molecular complexity index is 1360. The van der Waals surface area contributed by atoms with E-state index in [-0.39, 0.29) is 5.91 Å². The Hall–Kier alpha value is -4.66. The summed E-state index contributed by atoms with van der Waals surface area (Å²) in [4.78, 5) is 52.0. The predicted octanol–water partition coefficient (Wildman–Crippen LogP) is 3.36. The van der Waals surface area contributed by atoms with Crippen LogP contribution in [0.4, 0.5) is 10.5 Å². The van der Waals surface area contributed by atoms with Gasteiger partial charge in [-0.25, -0.2) is 4.79 Å². The van der Waals surface area contributed by atoms with Gasteiger partial charge in [0.05, 0.1) is 6.54 Å². The van der Waals surface area contributed by atoms with Crippen LogP contribution in [-0.2, 0) is 10.3 Å². The molecule has 9 heteroatoms. The zero-order valence-electron chi connectivity index (χ0n) is 19.4. The predicted molar refractivity (Wildman–Crippen MR) is 130 cm³/mol. The molecule has 0 radical (unpaired) electrons. The van der Waals surface area contributed by atoms with Crippen LogP contribution in [0.5, 0.6) is 11.5 Å². The van der Waals surface area contributed by atoms with Crippen LogP contribution >= 0.6 is 0 Å². The average Bonchev–Trinajstić information content (AvgIpc) is 3.13. The minimum Gasteiger partial charge on any atom is -0.486 e. The minimum atomic E-state index is -1.35. The molecule has 4 amide bonds. The topological polar surface area (TPSA) is 114 Å². The summed E-state index contributed by atoms with van der Waals surface area (Å²) in [7, 11) is 0. The van der Waals surface area contributed by atoms with E-state index in [2.05, 4.69) is 10.6 Å². The van der Waals surface area contributed by atoms with E-state index in [4.69, 9.17) is 9.47 Å². The number of carbonyl (C=O) groups is 4. The van der Waals surface area contributed by atoms with Crippen molar-refractivity contribution in [3.05, 3.63) is 89.5 Å². The number of benzene rings is 3. The van der Waals surface area contributed by atoms with Crippen molar-refractivity contribution in [3.63, 3.8) is 0 Å². The molecule has 2 aliphatic rings. The maximum atomic E-state index is 13.3. The first-order chi connectivity index (χ1) is 17.3. The molecule has 1 saturated heterocycles. The second-order valence-corrected chi connectivity index (χ2v) is 8.63. The van der Waals surface area contributed by atoms with Crippen molar-refractivity contribution in [2.24, 2.45) is 0 Å². The molecule has 5 rings (SSSR count). The molecule has 3 aromatic carbocycles. The molecular formula is C27H23N3O6. The molecule has 1 unspecified atom stereocenters. The third-order valence-corrected chi connectivity index (χ3v) is 6.20. The van der Waals surface area contributed by atoms with E-state index in [1.807, 2.05) is 6.07 Å². The third-order valence-electron chi connectivity index (χ3n) is 6.20. The monoisotopic (exact) mass is 485 g/mol. The van der Waals surface area contributed by atoms with Crippen LogP contribution in [0.3, 0.4) is 0 Å². The number of carbonyl (C=O) groups excluding carboxylic acids is 4. The molecule has 0 aromatic heterocycles. The van der Waals surface area contributed by atoms with Gasteiger partial charge < -0.3 is 20.1 Å². The third kappa shape index (κ3) is 4.26. The fraction of sp³-hybridized carbons (Fsp3) is 0.185. The van der Waals surface area contributed by atoms with E-state index in [0.29, 0.717) is 47.1 Å². The Kier molecular flexibility index (Phi) is 5.89. The summed E-state index contributed by atoms with van der Waals surface area (Å²) in [5.41, 5.74) is 0.511. The number of nitrogens with zero attached hydrogens (tertiary/aromatic N) is 1. The molecule has 2 N–H and O–H groups in total. The van der Waals surface area contributed by atoms with E-state index in [9.17, 15) is 19.2 Å². The van der Waals surface area contributed by atoms with Crippen molar-refractivity contribution >= 4 is 29.3 Å². The lowest BCUT2D eigenvalue weighted by atomic mass is 9.91. The van der Waals surface area contributed by atoms with Crippen molar-refractivity contribution in [1.29, 1.82) is 0 Å². The maximum absolute atomic E-state index is 13.3. The van der Waals surface area contributed by atoms with Crippen molar-refractivity contribution in [1.82, 2.24) is 10.2 Å². The fourth-order valence-electron chi connectivity index (χ4n) is 4.16. The molecule has 3 aromatic rings. The Morgan fingerprint density at radius 3 is 2.33 bits per heavy atom. The largest absolute Gasteiger partial charge is 0.486 e. The zero-order valence-corrected chi connectivity index (χ0v) is 19.4. The van der Waals surface area contributed by atoms with Crippen LogP contribution in [0.15, 0.2) is 72.8 Å². The smallest absolute Gasteiger partial charge is 0.325 e. The number of nitrogens with one attached hydrogen (secondary N) is 2. The van der Waals surface area contributed by atoms with Crippen molar-refractivity contribution in [2.75, 3.05) is 25.1 Å². The molecular weight excluding hydrogens is 462 g/mol. The Labute approximate surface area is 207 Å². The normalized spacial score (nSPS) is 18.5. The minimum absolute atomic E-state index is 0.271. The van der Waals surface area contributed by atoms with E-state index in [1.54, 1.807) is 73.7 Å². The summed E-state index contributed by atoms with van der Waals surface area (Å²) in [6, 6.07) is 19.4. The van der Waals surface area contributed by atoms with E-state index in [0.717, 1.165) is 4.90 Å². The molecule has 9 nitrogen and oxygen atoms in total. The zero-order chi connectivity index (χ0) is 25.3. The molecule has 2 aliphatic heterocycles. The highest BCUT2D eigenvalue weighted by Crippen LogP contribution is 2.36. The quantitative estimate of drug-likeness (QED) is 0.409. The summed E-state index contributed by atoms with van der Waals surface area (Å²) in [6.07, 6.45) is 0. The number of anilines is 1. The second kappa shape index (κ2) is 9.18. The molecule has 0 spiro atoms. The lowest BCUT2D eigenvalue weighted by molar-refractivity contribution is -0.130. The van der Waals surface area contributed by atoms with Crippen LogP contribution in [0.1, 0.15) is 33.2 Å². The number of urea groups is 1. The van der Waals surface area contributed by atoms with Gasteiger partial charge in [0.15, 0.2) is 17.3 Å². The lowest BCUT2D eigenvalue weighted by Crippen LogP contribution is -2.41. The van der Waals surface area contributed by atoms with Crippen molar-refractivity contribution < 1.29 is 28.7 Å². The summed E-state index contributed by atoms with van der Waals surface area (Å²) < 4.78 is 11.1. The lowest BCUT2D eigenvalue weighted by Gasteiger charge is -2.25. The number of hydrogen-bond acceptors (Lipinski definition) is 6. The number of Topliss-reactive ketones (excluding diaryl/α,β-unsaturated/α-hetero) is 1. The first kappa shape index (κ1) is 23.1. The van der Waals surface area contributed by atoms with E-state index >= 15 is 0 Å². The van der Waals surface area contributed by atoms with E-state index in [1.165, 1.54) is 0 Å². The van der Waals surface area contributed by atoms with Gasteiger partial charge in [-0.1, -0.05) is 24.3 Å². The number of ketones is 1. The Balaban J connectivity index is 1.27. The number of ether oxygens (including phenoxy) is 2. The first-order valence-electron chi connectivity index (χ1n) is 11.4. The van der Waals surface area contributed by atoms with Gasteiger partial charge in [0, 0.05) is 16.8 Å². The summed E-state index contributed by atoms with van der Waals surface area (Å²) >= 11 is 0. The molecule has 1 atom stereocenters. The van der Waals surface area contributed by atoms with Crippen LogP contribution < -0.4 is 20.1 Å². The fourth-order valence-corrected chi connectivity index (χ4v) is 4.16. The standard InChI is InChI=1S/C27H23N3O6/c1-27(19-9-12-22-23(15-19)36-14-13-35-22)25(33)30(26(34)29-27)16-21(31)17-7-10-20(11-8-17)28-24(32)18-5-3-2-4-6-18/h2-12,15H,13-14,16H2,1H3,(H,28,32)(H,29,34). The maximum Gasteiger partial charge on any atom is 0.325 e. The van der Waals surface area contributed by atoms with Gasteiger partial charge in [-0.2, -0.15) is 0 Å². The molecule has 36 heavy (non-hydrogen) atoms. The summed E-state index contributed by atoms with van der Waals surface area (Å²) in [5, 5.41) is 5.46. The Morgan fingerprint density at radius 1 is 0.917 bits per heavy atom. The highest BCUT2D eigenvalue weighted by molar-refractivity contribution is 6.11. The number of imide groups is 1. The first-order valence-corrected chi connectivity index (χ1v) is 11.4. The van der Waals surface area contributed by atoms with Crippen molar-refractivity contribution in [2.45, 2.75) is 12.5 Å². The van der Waals surface area contributed by atoms with Gasteiger partial charge in [-0.15, -0.1) is 0 Å². The van der Waals surface area contributed by atoms with Gasteiger partial charge in [0.25, 0.3) is 11.8 Å². The number of amides is 4. The SMILES string of the molecule is CC1(c2ccc3c(c2)OCCO3)NC(=O)N(CC(=O)c2ccc(NC(=O)c3ccccc3)cc2)C1=O. The number of hydrogen-bond donors (Lipinski definition) is 2. The summed E-state index contributed by atoms with van der Waals surface area (Å²) in [5.74, 6) is -0.153. The molecule has 182 valence electrons. The number of fused-ring (bicyclic) bond motifs is 1. The highest BCUT2D eigenvalue weighted by atomic mass is 16.6. The van der Waals surface area contributed by atoms with Crippen LogP contribution in [-0.4, -0.2) is 48.3 Å². The van der Waals surface area contributed by atoms with Crippen LogP contribution in [0, 0.1) is 0 Å². The molecule has 0 bridgehead atoms. The molecule has 2 heterocycles. The highest BCUT2D eigenvalue weighted by Gasteiger charge is 2.49. The summed E-state index contributed by atoms with van der Waals surface area (Å²) in [6.45, 7) is 2.01. The van der Waals surface area contributed by atoms with Gasteiger partial charge in [-0.3, -0.25) is 19.3 Å². The molecule has 0 aliphatic carbocycles. The molecule has 1 fully saturated rings.